The van der Waals surface area contributed by atoms with Gasteiger partial charge in [0.1, 0.15) is 24.1 Å². The van der Waals surface area contributed by atoms with Crippen LogP contribution in [0.25, 0.3) is 5.69 Å². The zero-order valence-electron chi connectivity index (χ0n) is 16.0. The topological polar surface area (TPSA) is 29.0 Å². The minimum Gasteiger partial charge on any atom is -0.392 e. The van der Waals surface area contributed by atoms with Crippen molar-refractivity contribution in [2.24, 2.45) is 5.92 Å². The van der Waals surface area contributed by atoms with Crippen LogP contribution in [0.3, 0.4) is 0 Å². The number of aliphatic hydroxyl groups is 1. The van der Waals surface area contributed by atoms with Gasteiger partial charge in [-0.05, 0) is 24.2 Å². The molecule has 1 N–H and O–H groups in total. The highest BCUT2D eigenvalue weighted by molar-refractivity contribution is 5.50. The summed E-state index contributed by atoms with van der Waals surface area (Å²) in [5.41, 5.74) is 4.03. The van der Waals surface area contributed by atoms with Gasteiger partial charge in [-0.3, -0.25) is 0 Å². The lowest BCUT2D eigenvalue weighted by Gasteiger charge is -2.16. The lowest BCUT2D eigenvalue weighted by Crippen LogP contribution is -2.40. The molecule has 2 rings (SSSR count). The van der Waals surface area contributed by atoms with E-state index in [9.17, 15) is 5.11 Å². The normalized spacial score (nSPS) is 13.2. The van der Waals surface area contributed by atoms with E-state index in [2.05, 4.69) is 87.6 Å². The highest BCUT2D eigenvalue weighted by Gasteiger charge is 2.22. The zero-order chi connectivity index (χ0) is 17.9. The second kappa shape index (κ2) is 7.98. The van der Waals surface area contributed by atoms with Crippen molar-refractivity contribution < 1.29 is 9.67 Å². The Kier molecular flexibility index (Phi) is 6.22. The van der Waals surface area contributed by atoms with E-state index in [1.54, 1.807) is 0 Å². The maximum Gasteiger partial charge on any atom is 0.249 e. The van der Waals surface area contributed by atoms with Crippen LogP contribution < -0.4 is 4.57 Å². The van der Waals surface area contributed by atoms with Gasteiger partial charge in [0.2, 0.25) is 6.33 Å². The van der Waals surface area contributed by atoms with Gasteiger partial charge in [-0.15, -0.1) is 0 Å². The van der Waals surface area contributed by atoms with E-state index in [0.717, 1.165) is 6.42 Å². The molecule has 0 unspecified atom stereocenters. The molecule has 1 atom stereocenters. The predicted octanol–water partition coefficient (Wildman–Crippen LogP) is 4.59. The van der Waals surface area contributed by atoms with E-state index in [-0.39, 0.29) is 12.6 Å². The van der Waals surface area contributed by atoms with Gasteiger partial charge in [0.05, 0.1) is 6.61 Å². The molecule has 132 valence electrons. The highest BCUT2D eigenvalue weighted by Crippen LogP contribution is 2.30. The summed E-state index contributed by atoms with van der Waals surface area (Å²) in [5.74, 6) is 1.50. The molecule has 0 aliphatic carbocycles. The van der Waals surface area contributed by atoms with Gasteiger partial charge < -0.3 is 5.11 Å². The molecule has 3 heteroatoms. The molecule has 0 fully saturated rings. The first kappa shape index (κ1) is 18.7. The predicted molar refractivity (Wildman–Crippen MR) is 99.7 cm³/mol. The number of benzene rings is 1. The molecule has 0 spiro atoms. The summed E-state index contributed by atoms with van der Waals surface area (Å²) in [7, 11) is 0. The van der Waals surface area contributed by atoms with Crippen molar-refractivity contribution in [2.45, 2.75) is 65.8 Å². The molecule has 1 heterocycles. The average Bonchev–Trinajstić information content (AvgIpc) is 3.00. The monoisotopic (exact) mass is 329 g/mol. The fourth-order valence-electron chi connectivity index (χ4n) is 3.36. The number of para-hydroxylation sites is 1. The van der Waals surface area contributed by atoms with Crippen LogP contribution in [0, 0.1) is 5.92 Å². The maximum atomic E-state index is 9.76. The third-order valence-corrected chi connectivity index (χ3v) is 4.63. The first-order chi connectivity index (χ1) is 11.3. The standard InChI is InChI=1S/C21H33N2O/c1-15(2)12-18(13-24)22-10-11-23(14-22)21-19(16(3)4)8-7-9-20(21)17(5)6/h7-11,14-18,24H,12-13H2,1-6H3/q+1/t18-/m0/s1. The largest absolute Gasteiger partial charge is 0.392 e. The third-order valence-electron chi connectivity index (χ3n) is 4.63. The van der Waals surface area contributed by atoms with Crippen molar-refractivity contribution >= 4 is 0 Å². The van der Waals surface area contributed by atoms with Crippen molar-refractivity contribution in [2.75, 3.05) is 6.61 Å². The molecule has 3 nitrogen and oxygen atoms in total. The van der Waals surface area contributed by atoms with Gasteiger partial charge in [0.15, 0.2) is 0 Å². The number of aliphatic hydroxyl groups excluding tert-OH is 1. The average molecular weight is 330 g/mol. The summed E-state index contributed by atoms with van der Waals surface area (Å²) in [6.07, 6.45) is 7.32. The molecule has 0 aliphatic heterocycles. The second-order valence-corrected chi connectivity index (χ2v) is 7.83. The van der Waals surface area contributed by atoms with Gasteiger partial charge in [0.25, 0.3) is 0 Å². The van der Waals surface area contributed by atoms with Crippen LogP contribution in [0.2, 0.25) is 0 Å². The smallest absolute Gasteiger partial charge is 0.249 e. The first-order valence-corrected chi connectivity index (χ1v) is 9.17. The Bertz CT molecular complexity index is 629. The zero-order valence-corrected chi connectivity index (χ0v) is 16.0. The van der Waals surface area contributed by atoms with Crippen LogP contribution in [0.15, 0.2) is 36.9 Å². The fraction of sp³-hybridized carbons (Fsp3) is 0.571. The van der Waals surface area contributed by atoms with Gasteiger partial charge >= 0.3 is 0 Å². The molecular weight excluding hydrogens is 296 g/mol. The van der Waals surface area contributed by atoms with Crippen LogP contribution in [-0.2, 0) is 0 Å². The van der Waals surface area contributed by atoms with Crippen LogP contribution in [-0.4, -0.2) is 16.3 Å². The molecule has 2 aromatic rings. The van der Waals surface area contributed by atoms with E-state index < -0.39 is 0 Å². The quantitative estimate of drug-likeness (QED) is 0.740. The maximum absolute atomic E-state index is 9.76. The lowest BCUT2D eigenvalue weighted by molar-refractivity contribution is -0.725. The summed E-state index contributed by atoms with van der Waals surface area (Å²) in [4.78, 5) is 0. The Morgan fingerprint density at radius 2 is 1.58 bits per heavy atom. The Balaban J connectivity index is 2.49. The first-order valence-electron chi connectivity index (χ1n) is 9.17. The SMILES string of the molecule is CC(C)C[C@@H](CO)[n+]1ccn(-c2c(C(C)C)cccc2C(C)C)c1. The van der Waals surface area contributed by atoms with Crippen molar-refractivity contribution in [3.05, 3.63) is 48.0 Å². The van der Waals surface area contributed by atoms with Crippen molar-refractivity contribution in [1.29, 1.82) is 0 Å². The van der Waals surface area contributed by atoms with Crippen molar-refractivity contribution in [1.82, 2.24) is 4.57 Å². The molecule has 0 radical (unpaired) electrons. The van der Waals surface area contributed by atoms with Crippen molar-refractivity contribution in [3.63, 3.8) is 0 Å². The van der Waals surface area contributed by atoms with Gasteiger partial charge in [-0.25, -0.2) is 9.13 Å². The molecular formula is C21H33N2O+. The molecule has 1 aromatic carbocycles. The molecule has 24 heavy (non-hydrogen) atoms. The number of hydrogen-bond donors (Lipinski definition) is 1. The van der Waals surface area contributed by atoms with Crippen LogP contribution in [0.5, 0.6) is 0 Å². The van der Waals surface area contributed by atoms with Crippen LogP contribution in [0.4, 0.5) is 0 Å². The Labute approximate surface area is 147 Å². The minimum absolute atomic E-state index is 0.139. The van der Waals surface area contributed by atoms with Gasteiger partial charge in [0, 0.05) is 11.1 Å². The minimum atomic E-state index is 0.139. The van der Waals surface area contributed by atoms with E-state index in [4.69, 9.17) is 0 Å². The van der Waals surface area contributed by atoms with E-state index >= 15 is 0 Å². The number of rotatable bonds is 7. The molecule has 0 amide bonds. The summed E-state index contributed by atoms with van der Waals surface area (Å²) >= 11 is 0. The number of nitrogens with zero attached hydrogens (tertiary/aromatic N) is 2. The van der Waals surface area contributed by atoms with Crippen LogP contribution >= 0.6 is 0 Å². The molecule has 1 aromatic heterocycles. The molecule has 0 bridgehead atoms. The Morgan fingerprint density at radius 1 is 1.00 bits per heavy atom. The summed E-state index contributed by atoms with van der Waals surface area (Å²) in [6.45, 7) is 13.6. The Morgan fingerprint density at radius 3 is 2.04 bits per heavy atom. The summed E-state index contributed by atoms with van der Waals surface area (Å²) in [6, 6.07) is 6.77. The molecule has 0 aliphatic rings. The number of imidazole rings is 1. The van der Waals surface area contributed by atoms with Crippen molar-refractivity contribution in [3.8, 4) is 5.69 Å². The van der Waals surface area contributed by atoms with Gasteiger partial charge in [-0.1, -0.05) is 59.7 Å². The van der Waals surface area contributed by atoms with E-state index in [0.29, 0.717) is 17.8 Å². The number of aromatic nitrogens is 2. The summed E-state index contributed by atoms with van der Waals surface area (Å²) < 4.78 is 4.38. The lowest BCUT2D eigenvalue weighted by atomic mass is 9.92. The van der Waals surface area contributed by atoms with Crippen LogP contribution in [0.1, 0.15) is 77.0 Å². The molecule has 0 saturated carbocycles. The summed E-state index contributed by atoms with van der Waals surface area (Å²) in [5, 5.41) is 9.76. The Hall–Kier alpha value is -1.61. The highest BCUT2D eigenvalue weighted by atomic mass is 16.3. The van der Waals surface area contributed by atoms with E-state index in [1.807, 2.05) is 0 Å². The van der Waals surface area contributed by atoms with Gasteiger partial charge in [-0.2, -0.15) is 0 Å². The number of hydrogen-bond acceptors (Lipinski definition) is 1. The third kappa shape index (κ3) is 4.07. The fourth-order valence-corrected chi connectivity index (χ4v) is 3.36. The second-order valence-electron chi connectivity index (χ2n) is 7.83. The molecule has 0 saturated heterocycles. The van der Waals surface area contributed by atoms with E-state index in [1.165, 1.54) is 16.8 Å².